The Bertz CT molecular complexity index is 966. The molecule has 2 heterocycles. The van der Waals surface area contributed by atoms with E-state index in [1.54, 1.807) is 23.7 Å². The van der Waals surface area contributed by atoms with Crippen LogP contribution in [-0.4, -0.2) is 48.3 Å². The van der Waals surface area contributed by atoms with Gasteiger partial charge >= 0.3 is 0 Å². The summed E-state index contributed by atoms with van der Waals surface area (Å²) in [5.41, 5.74) is 14.1. The van der Waals surface area contributed by atoms with E-state index >= 15 is 0 Å². The molecule has 2 aromatic rings. The van der Waals surface area contributed by atoms with Crippen molar-refractivity contribution >= 4 is 34.6 Å². The van der Waals surface area contributed by atoms with Crippen LogP contribution in [0.15, 0.2) is 28.7 Å². The molecule has 1 fully saturated rings. The van der Waals surface area contributed by atoms with E-state index in [2.05, 4.69) is 15.3 Å². The van der Waals surface area contributed by atoms with Gasteiger partial charge < -0.3 is 26.3 Å². The molecule has 0 aliphatic carbocycles. The molecule has 0 spiro atoms. The second kappa shape index (κ2) is 9.23. The van der Waals surface area contributed by atoms with Gasteiger partial charge in [-0.1, -0.05) is 0 Å². The maximum atomic E-state index is 13.0. The minimum absolute atomic E-state index is 0.0963. The molecule has 0 saturated carbocycles. The normalized spacial score (nSPS) is 16.1. The van der Waals surface area contributed by atoms with E-state index in [1.807, 2.05) is 6.92 Å². The molecule has 1 aromatic carbocycles. The third-order valence-corrected chi connectivity index (χ3v) is 6.01. The van der Waals surface area contributed by atoms with Crippen LogP contribution in [0.4, 0.5) is 5.69 Å². The predicted octanol–water partition coefficient (Wildman–Crippen LogP) is 1.18. The van der Waals surface area contributed by atoms with Crippen molar-refractivity contribution in [2.45, 2.75) is 31.9 Å². The first-order chi connectivity index (χ1) is 14.4. The van der Waals surface area contributed by atoms with Gasteiger partial charge in [-0.05, 0) is 25.1 Å². The maximum Gasteiger partial charge on any atom is 0.270 e. The van der Waals surface area contributed by atoms with Gasteiger partial charge in [-0.15, -0.1) is 11.3 Å². The van der Waals surface area contributed by atoms with Crippen molar-refractivity contribution in [2.75, 3.05) is 26.0 Å². The van der Waals surface area contributed by atoms with Crippen molar-refractivity contribution in [1.82, 2.24) is 10.3 Å². The number of carbonyl (C=O) groups is 2. The second-order valence-electron chi connectivity index (χ2n) is 6.98. The van der Waals surface area contributed by atoms with E-state index in [0.29, 0.717) is 49.7 Å². The monoisotopic (exact) mass is 431 g/mol. The Hall–Kier alpha value is -2.98. The van der Waals surface area contributed by atoms with Crippen LogP contribution in [0.1, 0.15) is 29.0 Å². The lowest BCUT2D eigenvalue weighted by Crippen LogP contribution is -2.61. The number of nitrogens with one attached hydrogen (secondary N) is 1. The third-order valence-electron chi connectivity index (χ3n) is 5.10. The van der Waals surface area contributed by atoms with Gasteiger partial charge in [0.1, 0.15) is 23.6 Å². The fourth-order valence-corrected chi connectivity index (χ4v) is 3.91. The summed E-state index contributed by atoms with van der Waals surface area (Å²) < 4.78 is 11.1. The lowest BCUT2D eigenvalue weighted by atomic mass is 9.88. The lowest BCUT2D eigenvalue weighted by Gasteiger charge is -2.35. The highest BCUT2D eigenvalue weighted by atomic mass is 32.1. The average Bonchev–Trinajstić information content (AvgIpc) is 3.14. The van der Waals surface area contributed by atoms with Gasteiger partial charge in [0.15, 0.2) is 0 Å². The molecule has 1 aromatic heterocycles. The smallest absolute Gasteiger partial charge is 0.270 e. The first-order valence-corrected chi connectivity index (χ1v) is 10.3. The number of amides is 2. The van der Waals surface area contributed by atoms with Crippen LogP contribution in [0.2, 0.25) is 0 Å². The Morgan fingerprint density at radius 2 is 2.10 bits per heavy atom. The Morgan fingerprint density at radius 1 is 1.37 bits per heavy atom. The number of primary amides is 1. The summed E-state index contributed by atoms with van der Waals surface area (Å²) in [5.74, 6) is -0.587. The number of anilines is 1. The van der Waals surface area contributed by atoms with E-state index in [9.17, 15) is 9.59 Å². The van der Waals surface area contributed by atoms with Gasteiger partial charge in [-0.3, -0.25) is 14.6 Å². The molecule has 1 saturated heterocycles. The Labute approximate surface area is 178 Å². The first kappa shape index (κ1) is 21.7. The van der Waals surface area contributed by atoms with Crippen molar-refractivity contribution < 1.29 is 19.1 Å². The van der Waals surface area contributed by atoms with Gasteiger partial charge in [0.05, 0.1) is 16.1 Å². The highest BCUT2D eigenvalue weighted by molar-refractivity contribution is 7.09. The third kappa shape index (κ3) is 4.60. The lowest BCUT2D eigenvalue weighted by molar-refractivity contribution is -0.132. The number of nitrogens with zero attached hydrogens (tertiary/aromatic N) is 2. The van der Waals surface area contributed by atoms with E-state index in [-0.39, 0.29) is 5.71 Å². The molecule has 2 amide bonds. The Balaban J connectivity index is 1.80. The fraction of sp³-hybridized carbons (Fsp3) is 0.400. The topological polar surface area (TPSA) is 142 Å². The molecular weight excluding hydrogens is 406 g/mol. The largest absolute Gasteiger partial charge is 0.488 e. The van der Waals surface area contributed by atoms with Gasteiger partial charge in [0.2, 0.25) is 5.91 Å². The standard InChI is InChI=1S/C20H25N5O4S/c1-12-16(30-11-24-12)10-29-13-3-4-15(21)14(9-13)17(23-2)18(26)25-20(19(22)27)5-7-28-8-6-20/h3-4,9,11H,5-8,10,21H2,1-2H3,(H2,22,27)(H,25,26). The SMILES string of the molecule is CN=C(C(=O)NC1(C(N)=O)CCOCC1)c1cc(OCc2scnc2C)ccc1N. The van der Waals surface area contributed by atoms with Crippen molar-refractivity contribution in [3.8, 4) is 5.75 Å². The van der Waals surface area contributed by atoms with Crippen molar-refractivity contribution in [2.24, 2.45) is 10.7 Å². The van der Waals surface area contributed by atoms with Crippen LogP contribution in [-0.2, 0) is 20.9 Å². The number of nitrogens with two attached hydrogens (primary N) is 2. The number of aromatic nitrogens is 1. The molecule has 1 aliphatic rings. The molecule has 10 heteroatoms. The van der Waals surface area contributed by atoms with Crippen LogP contribution in [0, 0.1) is 6.92 Å². The van der Waals surface area contributed by atoms with Crippen molar-refractivity contribution in [3.63, 3.8) is 0 Å². The number of benzene rings is 1. The number of thiazole rings is 1. The molecule has 3 rings (SSSR count). The van der Waals surface area contributed by atoms with Crippen LogP contribution in [0.3, 0.4) is 0 Å². The molecule has 0 unspecified atom stereocenters. The van der Waals surface area contributed by atoms with E-state index < -0.39 is 17.4 Å². The van der Waals surface area contributed by atoms with Crippen molar-refractivity contribution in [1.29, 1.82) is 0 Å². The second-order valence-corrected chi connectivity index (χ2v) is 7.92. The number of hydrogen-bond donors (Lipinski definition) is 3. The molecule has 1 aliphatic heterocycles. The summed E-state index contributed by atoms with van der Waals surface area (Å²) in [6.45, 7) is 2.95. The van der Waals surface area contributed by atoms with E-state index in [0.717, 1.165) is 10.6 Å². The Morgan fingerprint density at radius 3 is 2.70 bits per heavy atom. The highest BCUT2D eigenvalue weighted by Crippen LogP contribution is 2.25. The molecule has 160 valence electrons. The van der Waals surface area contributed by atoms with Crippen molar-refractivity contribution in [3.05, 3.63) is 39.8 Å². The minimum Gasteiger partial charge on any atom is -0.488 e. The zero-order valence-corrected chi connectivity index (χ0v) is 17.8. The summed E-state index contributed by atoms with van der Waals surface area (Å²) in [7, 11) is 1.49. The molecule has 30 heavy (non-hydrogen) atoms. The minimum atomic E-state index is -1.17. The first-order valence-electron chi connectivity index (χ1n) is 9.45. The zero-order chi connectivity index (χ0) is 21.7. The quantitative estimate of drug-likeness (QED) is 0.444. The number of rotatable bonds is 7. The zero-order valence-electron chi connectivity index (χ0n) is 16.9. The summed E-state index contributed by atoms with van der Waals surface area (Å²) in [5, 5.41) is 2.76. The summed E-state index contributed by atoms with van der Waals surface area (Å²) in [4.78, 5) is 34.4. The van der Waals surface area contributed by atoms with Gasteiger partial charge in [-0.2, -0.15) is 0 Å². The van der Waals surface area contributed by atoms with Crippen LogP contribution >= 0.6 is 11.3 Å². The van der Waals surface area contributed by atoms with E-state index in [4.69, 9.17) is 20.9 Å². The number of hydrogen-bond acceptors (Lipinski definition) is 8. The summed E-state index contributed by atoms with van der Waals surface area (Å²) >= 11 is 1.51. The van der Waals surface area contributed by atoms with Crippen LogP contribution < -0.4 is 21.5 Å². The Kier molecular flexibility index (Phi) is 6.68. The summed E-state index contributed by atoms with van der Waals surface area (Å²) in [6, 6.07) is 5.04. The molecule has 9 nitrogen and oxygen atoms in total. The number of carbonyl (C=O) groups excluding carboxylic acids is 2. The number of ether oxygens (including phenoxy) is 2. The number of aryl methyl sites for hydroxylation is 1. The molecular formula is C20H25N5O4S. The van der Waals surface area contributed by atoms with Crippen LogP contribution in [0.25, 0.3) is 0 Å². The average molecular weight is 432 g/mol. The molecule has 5 N–H and O–H groups in total. The molecule has 0 atom stereocenters. The number of nitrogen functional groups attached to an aromatic ring is 1. The fourth-order valence-electron chi connectivity index (χ4n) is 3.22. The van der Waals surface area contributed by atoms with Crippen LogP contribution in [0.5, 0.6) is 5.75 Å². The summed E-state index contributed by atoms with van der Waals surface area (Å²) in [6.07, 6.45) is 0.607. The highest BCUT2D eigenvalue weighted by Gasteiger charge is 2.40. The maximum absolute atomic E-state index is 13.0. The molecule has 0 radical (unpaired) electrons. The number of aliphatic imine (C=N–C) groups is 1. The molecule has 0 bridgehead atoms. The predicted molar refractivity (Wildman–Crippen MR) is 115 cm³/mol. The van der Waals surface area contributed by atoms with Gasteiger partial charge in [0.25, 0.3) is 5.91 Å². The van der Waals surface area contributed by atoms with Gasteiger partial charge in [0, 0.05) is 44.4 Å². The van der Waals surface area contributed by atoms with Gasteiger partial charge in [-0.25, -0.2) is 4.98 Å². The van der Waals surface area contributed by atoms with E-state index in [1.165, 1.54) is 18.4 Å².